The van der Waals surface area contributed by atoms with Gasteiger partial charge in [-0.15, -0.1) is 0 Å². The molecule has 1 aromatic carbocycles. The minimum atomic E-state index is -1.61. The van der Waals surface area contributed by atoms with Crippen LogP contribution in [-0.2, 0) is 25.8 Å². The van der Waals surface area contributed by atoms with Crippen LogP contribution in [0.25, 0.3) is 0 Å². The fraction of sp³-hybridized carbons (Fsp3) is 0.400. The number of aromatic nitrogens is 1. The summed E-state index contributed by atoms with van der Waals surface area (Å²) in [6, 6.07) is 10.1. The van der Waals surface area contributed by atoms with E-state index in [0.717, 1.165) is 18.4 Å². The first-order valence-electron chi connectivity index (χ1n) is 11.5. The van der Waals surface area contributed by atoms with Crippen LogP contribution in [-0.4, -0.2) is 66.3 Å². The maximum Gasteiger partial charge on any atom is 0.414 e. The van der Waals surface area contributed by atoms with Crippen molar-refractivity contribution in [3.63, 3.8) is 0 Å². The summed E-state index contributed by atoms with van der Waals surface area (Å²) in [5, 5.41) is 22.2. The molecule has 11 nitrogen and oxygen atoms in total. The fourth-order valence-corrected chi connectivity index (χ4v) is 4.20. The fourth-order valence-electron chi connectivity index (χ4n) is 4.20. The molecule has 1 aromatic heterocycles. The highest BCUT2D eigenvalue weighted by molar-refractivity contribution is 5.95. The van der Waals surface area contributed by atoms with Crippen molar-refractivity contribution in [1.29, 1.82) is 0 Å². The number of benzene rings is 1. The van der Waals surface area contributed by atoms with E-state index in [0.29, 0.717) is 13.0 Å². The molecule has 0 saturated carbocycles. The maximum atomic E-state index is 13.1. The van der Waals surface area contributed by atoms with Gasteiger partial charge in [-0.25, -0.2) is 4.79 Å². The number of rotatable bonds is 9. The molecule has 2 aromatic rings. The SMILES string of the molecule is COC(=O)C(c1ccccc1)C1CCCCN1C(=O)OC[n+]1cccc(C(=O)NC(CO)C(=O)[O-])c1. The summed E-state index contributed by atoms with van der Waals surface area (Å²) in [7, 11) is 1.32. The lowest BCUT2D eigenvalue weighted by Crippen LogP contribution is -2.51. The Balaban J connectivity index is 1.71. The molecular formula is C25H29N3O8. The molecule has 1 aliphatic rings. The summed E-state index contributed by atoms with van der Waals surface area (Å²) in [6.45, 7) is -0.616. The number of piperidine rings is 1. The van der Waals surface area contributed by atoms with Crippen molar-refractivity contribution in [1.82, 2.24) is 10.2 Å². The third kappa shape index (κ3) is 6.57. The Morgan fingerprint density at radius 3 is 2.58 bits per heavy atom. The predicted molar refractivity (Wildman–Crippen MR) is 122 cm³/mol. The quantitative estimate of drug-likeness (QED) is 0.353. The summed E-state index contributed by atoms with van der Waals surface area (Å²) < 4.78 is 12.0. The number of carbonyl (C=O) groups is 4. The van der Waals surface area contributed by atoms with Crippen molar-refractivity contribution in [2.75, 3.05) is 20.3 Å². The first-order valence-corrected chi connectivity index (χ1v) is 11.5. The molecule has 0 bridgehead atoms. The van der Waals surface area contributed by atoms with Gasteiger partial charge < -0.3 is 34.7 Å². The van der Waals surface area contributed by atoms with Gasteiger partial charge >= 0.3 is 12.1 Å². The highest BCUT2D eigenvalue weighted by Gasteiger charge is 2.39. The van der Waals surface area contributed by atoms with Crippen molar-refractivity contribution in [3.05, 3.63) is 66.0 Å². The normalized spacial score (nSPS) is 16.9. The average molecular weight is 500 g/mol. The van der Waals surface area contributed by atoms with E-state index >= 15 is 0 Å². The van der Waals surface area contributed by atoms with E-state index in [4.69, 9.17) is 14.6 Å². The molecule has 1 fully saturated rings. The number of amides is 2. The number of carboxylic acid groups (broad SMARTS) is 1. The van der Waals surface area contributed by atoms with E-state index < -0.39 is 48.5 Å². The second kappa shape index (κ2) is 12.6. The number of hydrogen-bond donors (Lipinski definition) is 2. The lowest BCUT2D eigenvalue weighted by atomic mass is 9.85. The second-order valence-corrected chi connectivity index (χ2v) is 8.34. The Hall–Kier alpha value is -3.99. The van der Waals surface area contributed by atoms with E-state index in [9.17, 15) is 24.3 Å². The molecule has 0 spiro atoms. The van der Waals surface area contributed by atoms with Gasteiger partial charge in [0.15, 0.2) is 12.4 Å². The number of carbonyl (C=O) groups excluding carboxylic acids is 4. The van der Waals surface area contributed by atoms with E-state index in [-0.39, 0.29) is 12.3 Å². The van der Waals surface area contributed by atoms with Gasteiger partial charge in [0.05, 0.1) is 31.8 Å². The third-order valence-corrected chi connectivity index (χ3v) is 6.01. The number of ether oxygens (including phenoxy) is 2. The molecule has 2 heterocycles. The van der Waals surface area contributed by atoms with Gasteiger partial charge in [-0.2, -0.15) is 4.57 Å². The standard InChI is InChI=1S/C25H29N3O8/c1-35-24(33)21(17-8-3-2-4-9-17)20-11-5-6-13-28(20)25(34)36-16-27-12-7-10-18(14-27)22(30)26-19(15-29)23(31)32/h2-4,7-10,12,14,19-21,29H,5-6,11,13,15-16H2,1H3,(H-,26,30,31,32). The topological polar surface area (TPSA) is 149 Å². The van der Waals surface area contributed by atoms with E-state index in [1.807, 2.05) is 30.3 Å². The Labute approximate surface area is 208 Å². The minimum absolute atomic E-state index is 0.0962. The zero-order valence-corrected chi connectivity index (χ0v) is 19.9. The number of methoxy groups -OCH3 is 1. The molecule has 0 radical (unpaired) electrons. The number of aliphatic carboxylic acids is 1. The van der Waals surface area contributed by atoms with Crippen molar-refractivity contribution < 1.29 is 43.4 Å². The molecular weight excluding hydrogens is 470 g/mol. The van der Waals surface area contributed by atoms with E-state index in [1.54, 1.807) is 11.1 Å². The summed E-state index contributed by atoms with van der Waals surface area (Å²) in [5.41, 5.74) is 0.846. The smallest absolute Gasteiger partial charge is 0.414 e. The zero-order valence-electron chi connectivity index (χ0n) is 19.9. The highest BCUT2D eigenvalue weighted by Crippen LogP contribution is 2.32. The second-order valence-electron chi connectivity index (χ2n) is 8.34. The number of esters is 1. The summed E-state index contributed by atoms with van der Waals surface area (Å²) >= 11 is 0. The van der Waals surface area contributed by atoms with Crippen LogP contribution in [0.15, 0.2) is 54.9 Å². The van der Waals surface area contributed by atoms with Crippen LogP contribution >= 0.6 is 0 Å². The van der Waals surface area contributed by atoms with Crippen molar-refractivity contribution in [2.24, 2.45) is 0 Å². The molecule has 1 aliphatic heterocycles. The first-order chi connectivity index (χ1) is 17.3. The Bertz CT molecular complexity index is 1080. The Kier molecular flexibility index (Phi) is 9.34. The number of pyridine rings is 1. The van der Waals surface area contributed by atoms with Crippen LogP contribution < -0.4 is 15.0 Å². The molecule has 2 N–H and O–H groups in total. The van der Waals surface area contributed by atoms with Gasteiger partial charge in [0.25, 0.3) is 12.6 Å². The first kappa shape index (κ1) is 26.6. The molecule has 36 heavy (non-hydrogen) atoms. The van der Waals surface area contributed by atoms with Gasteiger partial charge in [-0.3, -0.25) is 9.59 Å². The van der Waals surface area contributed by atoms with Crippen LogP contribution in [0.3, 0.4) is 0 Å². The molecule has 1 saturated heterocycles. The molecule has 2 amide bonds. The molecule has 0 aliphatic carbocycles. The molecule has 192 valence electrons. The Morgan fingerprint density at radius 2 is 1.92 bits per heavy atom. The van der Waals surface area contributed by atoms with Crippen LogP contribution in [0.2, 0.25) is 0 Å². The van der Waals surface area contributed by atoms with E-state index in [2.05, 4.69) is 5.32 Å². The minimum Gasteiger partial charge on any atom is -0.548 e. The van der Waals surface area contributed by atoms with Gasteiger partial charge in [0, 0.05) is 12.6 Å². The van der Waals surface area contributed by atoms with Crippen LogP contribution in [0.4, 0.5) is 4.79 Å². The van der Waals surface area contributed by atoms with Crippen LogP contribution in [0, 0.1) is 0 Å². The van der Waals surface area contributed by atoms with E-state index in [1.165, 1.54) is 30.0 Å². The largest absolute Gasteiger partial charge is 0.548 e. The van der Waals surface area contributed by atoms with Gasteiger partial charge in [-0.05, 0) is 30.9 Å². The molecule has 3 atom stereocenters. The number of hydrogen-bond acceptors (Lipinski definition) is 8. The van der Waals surface area contributed by atoms with Gasteiger partial charge in [0.2, 0.25) is 0 Å². The average Bonchev–Trinajstić information content (AvgIpc) is 2.91. The Morgan fingerprint density at radius 1 is 1.17 bits per heavy atom. The van der Waals surface area contributed by atoms with Crippen molar-refractivity contribution in [2.45, 2.75) is 44.0 Å². The molecule has 3 rings (SSSR count). The number of aliphatic hydroxyl groups is 1. The number of likely N-dealkylation sites (tertiary alicyclic amines) is 1. The lowest BCUT2D eigenvalue weighted by molar-refractivity contribution is -0.727. The maximum absolute atomic E-state index is 13.1. The van der Waals surface area contributed by atoms with Gasteiger partial charge in [0.1, 0.15) is 11.5 Å². The number of carboxylic acids is 1. The summed E-state index contributed by atoms with van der Waals surface area (Å²) in [5.74, 6) is -3.44. The zero-order chi connectivity index (χ0) is 26.1. The highest BCUT2D eigenvalue weighted by atomic mass is 16.6. The third-order valence-electron chi connectivity index (χ3n) is 6.01. The van der Waals surface area contributed by atoms with Crippen LogP contribution in [0.5, 0.6) is 0 Å². The van der Waals surface area contributed by atoms with Crippen LogP contribution in [0.1, 0.15) is 41.1 Å². The molecule has 3 unspecified atom stereocenters. The number of nitrogens with zero attached hydrogens (tertiary/aromatic N) is 2. The lowest BCUT2D eigenvalue weighted by Gasteiger charge is -2.38. The molecule has 11 heteroatoms. The summed E-state index contributed by atoms with van der Waals surface area (Å²) in [6.07, 6.45) is 4.56. The number of nitrogens with one attached hydrogen (secondary N) is 1. The summed E-state index contributed by atoms with van der Waals surface area (Å²) in [4.78, 5) is 50.6. The monoisotopic (exact) mass is 499 g/mol. The number of aliphatic hydroxyl groups excluding tert-OH is 1. The van der Waals surface area contributed by atoms with Gasteiger partial charge in [-0.1, -0.05) is 30.3 Å². The van der Waals surface area contributed by atoms with Crippen molar-refractivity contribution >= 4 is 23.9 Å². The van der Waals surface area contributed by atoms with Crippen molar-refractivity contribution in [3.8, 4) is 0 Å². The predicted octanol–water partition coefficient (Wildman–Crippen LogP) is -0.280.